The number of hydrogen-bond acceptors (Lipinski definition) is 3. The lowest BCUT2D eigenvalue weighted by atomic mass is 10.0. The minimum absolute atomic E-state index is 0.173. The van der Waals surface area contributed by atoms with E-state index in [2.05, 4.69) is 10.6 Å². The smallest absolute Gasteiger partial charge is 0.319 e. The molecule has 0 bridgehead atoms. The van der Waals surface area contributed by atoms with Crippen LogP contribution >= 0.6 is 0 Å². The van der Waals surface area contributed by atoms with Crippen LogP contribution in [0.3, 0.4) is 0 Å². The Balaban J connectivity index is 1.77. The number of hydrogen-bond donors (Lipinski definition) is 3. The van der Waals surface area contributed by atoms with Gasteiger partial charge in [0.25, 0.3) is 0 Å². The molecule has 0 saturated heterocycles. The molecule has 2 rings (SSSR count). The molecule has 1 aromatic carbocycles. The quantitative estimate of drug-likeness (QED) is 0.734. The maximum Gasteiger partial charge on any atom is 0.319 e. The van der Waals surface area contributed by atoms with Crippen LogP contribution in [-0.2, 0) is 0 Å². The summed E-state index contributed by atoms with van der Waals surface area (Å²) in [5, 5.41) is 5.71. The van der Waals surface area contributed by atoms with Crippen LogP contribution in [0, 0.1) is 5.41 Å². The molecule has 19 heavy (non-hydrogen) atoms. The third-order valence-corrected chi connectivity index (χ3v) is 3.60. The number of methoxy groups -OCH3 is 1. The highest BCUT2D eigenvalue weighted by Gasteiger charge is 2.41. The number of amides is 2. The predicted molar refractivity (Wildman–Crippen MR) is 75.4 cm³/mol. The van der Waals surface area contributed by atoms with Crippen LogP contribution in [0.4, 0.5) is 10.5 Å². The van der Waals surface area contributed by atoms with Crippen LogP contribution in [0.2, 0.25) is 0 Å². The standard InChI is InChI=1S/C14H21N3O2/c1-19-12-4-2-11(3-5-12)17-13(18)16-10-14(6-7-14)8-9-15/h2-5H,6-10,15H2,1H3,(H2,16,17,18). The van der Waals surface area contributed by atoms with Gasteiger partial charge in [0.1, 0.15) is 5.75 Å². The molecule has 4 N–H and O–H groups in total. The molecule has 0 aromatic heterocycles. The van der Waals surface area contributed by atoms with E-state index >= 15 is 0 Å². The van der Waals surface area contributed by atoms with E-state index in [9.17, 15) is 4.79 Å². The Labute approximate surface area is 113 Å². The van der Waals surface area contributed by atoms with Gasteiger partial charge in [0.2, 0.25) is 0 Å². The first-order valence-electron chi connectivity index (χ1n) is 6.56. The second-order valence-corrected chi connectivity index (χ2v) is 5.07. The number of carbonyl (C=O) groups is 1. The van der Waals surface area contributed by atoms with Gasteiger partial charge in [0.05, 0.1) is 7.11 Å². The summed E-state index contributed by atoms with van der Waals surface area (Å²) in [5.41, 5.74) is 6.58. The molecule has 2 amide bonds. The molecule has 5 heteroatoms. The molecule has 0 spiro atoms. The van der Waals surface area contributed by atoms with Crippen molar-refractivity contribution in [3.8, 4) is 5.75 Å². The van der Waals surface area contributed by atoms with E-state index in [-0.39, 0.29) is 11.4 Å². The highest BCUT2D eigenvalue weighted by atomic mass is 16.5. The van der Waals surface area contributed by atoms with Crippen LogP contribution < -0.4 is 21.1 Å². The van der Waals surface area contributed by atoms with E-state index in [1.54, 1.807) is 7.11 Å². The predicted octanol–water partition coefficient (Wildman–Crippen LogP) is 1.95. The summed E-state index contributed by atoms with van der Waals surface area (Å²) in [7, 11) is 1.61. The van der Waals surface area contributed by atoms with Crippen LogP contribution in [0.25, 0.3) is 0 Å². The van der Waals surface area contributed by atoms with E-state index in [0.717, 1.165) is 30.7 Å². The molecule has 0 heterocycles. The van der Waals surface area contributed by atoms with Crippen molar-refractivity contribution >= 4 is 11.7 Å². The number of nitrogens with two attached hydrogens (primary N) is 1. The topological polar surface area (TPSA) is 76.4 Å². The summed E-state index contributed by atoms with van der Waals surface area (Å²) in [5.74, 6) is 0.769. The van der Waals surface area contributed by atoms with Gasteiger partial charge in [-0.15, -0.1) is 0 Å². The second kappa shape index (κ2) is 5.93. The van der Waals surface area contributed by atoms with Gasteiger partial charge in [-0.2, -0.15) is 0 Å². The molecular weight excluding hydrogens is 242 g/mol. The van der Waals surface area contributed by atoms with Crippen molar-refractivity contribution in [2.45, 2.75) is 19.3 Å². The zero-order valence-corrected chi connectivity index (χ0v) is 11.2. The first-order valence-corrected chi connectivity index (χ1v) is 6.56. The Kier molecular flexibility index (Phi) is 4.27. The highest BCUT2D eigenvalue weighted by molar-refractivity contribution is 5.89. The molecule has 104 valence electrons. The number of nitrogens with one attached hydrogen (secondary N) is 2. The zero-order chi connectivity index (χ0) is 13.7. The Bertz CT molecular complexity index is 427. The molecule has 1 fully saturated rings. The molecule has 1 aliphatic carbocycles. The van der Waals surface area contributed by atoms with E-state index < -0.39 is 0 Å². The fourth-order valence-electron chi connectivity index (χ4n) is 2.12. The number of anilines is 1. The molecule has 5 nitrogen and oxygen atoms in total. The minimum Gasteiger partial charge on any atom is -0.497 e. The molecule has 1 aliphatic rings. The van der Waals surface area contributed by atoms with Crippen LogP contribution in [0.15, 0.2) is 24.3 Å². The van der Waals surface area contributed by atoms with Gasteiger partial charge < -0.3 is 21.1 Å². The lowest BCUT2D eigenvalue weighted by Gasteiger charge is -2.15. The van der Waals surface area contributed by atoms with Gasteiger partial charge in [0.15, 0.2) is 0 Å². The number of carbonyl (C=O) groups excluding carboxylic acids is 1. The fourth-order valence-corrected chi connectivity index (χ4v) is 2.12. The van der Waals surface area contributed by atoms with Crippen LogP contribution in [0.5, 0.6) is 5.75 Å². The van der Waals surface area contributed by atoms with E-state index in [1.807, 2.05) is 24.3 Å². The SMILES string of the molecule is COc1ccc(NC(=O)NCC2(CCN)CC2)cc1. The number of urea groups is 1. The Morgan fingerprint density at radius 2 is 2.05 bits per heavy atom. The molecule has 0 radical (unpaired) electrons. The molecule has 1 aromatic rings. The summed E-state index contributed by atoms with van der Waals surface area (Å²) in [4.78, 5) is 11.8. The van der Waals surface area contributed by atoms with Crippen molar-refractivity contribution in [2.75, 3.05) is 25.5 Å². The summed E-state index contributed by atoms with van der Waals surface area (Å²) in [6.45, 7) is 1.38. The van der Waals surface area contributed by atoms with Crippen molar-refractivity contribution < 1.29 is 9.53 Å². The first kappa shape index (κ1) is 13.7. The van der Waals surface area contributed by atoms with Gasteiger partial charge >= 0.3 is 6.03 Å². The summed E-state index contributed by atoms with van der Waals surface area (Å²) >= 11 is 0. The summed E-state index contributed by atoms with van der Waals surface area (Å²) in [6.07, 6.45) is 3.30. The van der Waals surface area contributed by atoms with Gasteiger partial charge in [-0.3, -0.25) is 0 Å². The van der Waals surface area contributed by atoms with Crippen molar-refractivity contribution in [1.29, 1.82) is 0 Å². The maximum atomic E-state index is 11.8. The van der Waals surface area contributed by atoms with Gasteiger partial charge in [-0.1, -0.05) is 0 Å². The van der Waals surface area contributed by atoms with Gasteiger partial charge in [-0.25, -0.2) is 4.79 Å². The zero-order valence-electron chi connectivity index (χ0n) is 11.2. The summed E-state index contributed by atoms with van der Waals surface area (Å²) in [6, 6.07) is 7.07. The maximum absolute atomic E-state index is 11.8. The third-order valence-electron chi connectivity index (χ3n) is 3.60. The van der Waals surface area contributed by atoms with Gasteiger partial charge in [-0.05, 0) is 55.5 Å². The lowest BCUT2D eigenvalue weighted by Crippen LogP contribution is -2.34. The van der Waals surface area contributed by atoms with E-state index in [0.29, 0.717) is 13.1 Å². The van der Waals surface area contributed by atoms with Crippen molar-refractivity contribution in [2.24, 2.45) is 11.1 Å². The molecule has 0 aliphatic heterocycles. The Morgan fingerprint density at radius 1 is 1.37 bits per heavy atom. The molecule has 0 unspecified atom stereocenters. The summed E-state index contributed by atoms with van der Waals surface area (Å²) < 4.78 is 5.06. The largest absolute Gasteiger partial charge is 0.497 e. The Hall–Kier alpha value is -1.75. The van der Waals surface area contributed by atoms with E-state index in [1.165, 1.54) is 0 Å². The van der Waals surface area contributed by atoms with Crippen LogP contribution in [-0.4, -0.2) is 26.2 Å². The first-order chi connectivity index (χ1) is 9.17. The lowest BCUT2D eigenvalue weighted by molar-refractivity contribution is 0.249. The van der Waals surface area contributed by atoms with Gasteiger partial charge in [0, 0.05) is 12.2 Å². The third kappa shape index (κ3) is 3.86. The van der Waals surface area contributed by atoms with Crippen LogP contribution in [0.1, 0.15) is 19.3 Å². The average Bonchev–Trinajstić information content (AvgIpc) is 3.18. The number of rotatable bonds is 6. The monoisotopic (exact) mass is 263 g/mol. The highest BCUT2D eigenvalue weighted by Crippen LogP contribution is 2.47. The number of benzene rings is 1. The number of ether oxygens (including phenoxy) is 1. The normalized spacial score (nSPS) is 15.7. The molecule has 0 atom stereocenters. The molecule has 1 saturated carbocycles. The second-order valence-electron chi connectivity index (χ2n) is 5.07. The van der Waals surface area contributed by atoms with Crippen molar-refractivity contribution in [3.05, 3.63) is 24.3 Å². The van der Waals surface area contributed by atoms with Crippen molar-refractivity contribution in [3.63, 3.8) is 0 Å². The van der Waals surface area contributed by atoms with Crippen molar-refractivity contribution in [1.82, 2.24) is 5.32 Å². The minimum atomic E-state index is -0.173. The Morgan fingerprint density at radius 3 is 2.58 bits per heavy atom. The average molecular weight is 263 g/mol. The van der Waals surface area contributed by atoms with E-state index in [4.69, 9.17) is 10.5 Å². The fraction of sp³-hybridized carbons (Fsp3) is 0.500. The molecular formula is C14H21N3O2.